The number of anilines is 2. The summed E-state index contributed by atoms with van der Waals surface area (Å²) in [6.07, 6.45) is 2.10. The summed E-state index contributed by atoms with van der Waals surface area (Å²) in [5.74, 6) is 0. The van der Waals surface area contributed by atoms with E-state index in [0.29, 0.717) is 5.56 Å². The highest BCUT2D eigenvalue weighted by Gasteiger charge is 2.21. The third-order valence-electron chi connectivity index (χ3n) is 5.23. The Labute approximate surface area is 162 Å². The van der Waals surface area contributed by atoms with Gasteiger partial charge in [-0.05, 0) is 49.9 Å². The van der Waals surface area contributed by atoms with Gasteiger partial charge in [0.15, 0.2) is 0 Å². The molecule has 0 amide bonds. The monoisotopic (exact) mass is 381 g/mol. The summed E-state index contributed by atoms with van der Waals surface area (Å²) in [4.78, 5) is 19.7. The fourth-order valence-corrected chi connectivity index (χ4v) is 4.59. The second kappa shape index (κ2) is 6.81. The Morgan fingerprint density at radius 2 is 2.11 bits per heavy atom. The van der Waals surface area contributed by atoms with Crippen molar-refractivity contribution >= 4 is 22.7 Å². The molecule has 0 saturated heterocycles. The molecule has 0 saturated carbocycles. The highest BCUT2D eigenvalue weighted by atomic mass is 32.1. The Kier molecular flexibility index (Phi) is 4.47. The van der Waals surface area contributed by atoms with Crippen LogP contribution in [0.4, 0.5) is 11.4 Å². The smallest absolute Gasteiger partial charge is 0.277 e. The van der Waals surface area contributed by atoms with Gasteiger partial charge in [0.2, 0.25) is 0 Å². The fraction of sp³-hybridized carbons (Fsp3) is 0.350. The standard InChI is InChI=1S/C20H23N5OS/c1-12-13(2)23-24(3)20(26)18(12)19-22-14(11-27-19)10-25-9-5-6-15-16(21)7-4-8-17(15)25/h4,7-8,11H,5-6,9-10,21H2,1-3H3. The third-order valence-corrected chi connectivity index (χ3v) is 6.14. The van der Waals surface area contributed by atoms with Gasteiger partial charge in [0.05, 0.1) is 23.5 Å². The largest absolute Gasteiger partial charge is 0.398 e. The molecule has 0 atom stereocenters. The van der Waals surface area contributed by atoms with Gasteiger partial charge in [-0.25, -0.2) is 9.67 Å². The number of nitrogens with two attached hydrogens (primary N) is 1. The first-order valence-electron chi connectivity index (χ1n) is 9.07. The Morgan fingerprint density at radius 3 is 2.93 bits per heavy atom. The molecule has 140 valence electrons. The summed E-state index contributed by atoms with van der Waals surface area (Å²) >= 11 is 1.52. The van der Waals surface area contributed by atoms with E-state index < -0.39 is 0 Å². The summed E-state index contributed by atoms with van der Waals surface area (Å²) in [6, 6.07) is 6.10. The molecule has 4 rings (SSSR count). The molecule has 1 aliphatic rings. The van der Waals surface area contributed by atoms with E-state index in [-0.39, 0.29) is 5.56 Å². The molecule has 0 aliphatic carbocycles. The summed E-state index contributed by atoms with van der Waals surface area (Å²) in [7, 11) is 1.68. The van der Waals surface area contributed by atoms with Crippen LogP contribution in [-0.4, -0.2) is 21.3 Å². The van der Waals surface area contributed by atoms with E-state index in [2.05, 4.69) is 16.1 Å². The molecule has 2 N–H and O–H groups in total. The van der Waals surface area contributed by atoms with Gasteiger partial charge < -0.3 is 10.6 Å². The number of hydrogen-bond donors (Lipinski definition) is 1. The van der Waals surface area contributed by atoms with Gasteiger partial charge in [0.25, 0.3) is 5.56 Å². The molecular formula is C20H23N5OS. The normalized spacial score (nSPS) is 13.7. The average Bonchev–Trinajstić information content (AvgIpc) is 3.09. The van der Waals surface area contributed by atoms with E-state index in [1.54, 1.807) is 7.05 Å². The lowest BCUT2D eigenvalue weighted by Crippen LogP contribution is -2.29. The van der Waals surface area contributed by atoms with Gasteiger partial charge in [-0.3, -0.25) is 4.79 Å². The van der Waals surface area contributed by atoms with E-state index in [1.807, 2.05) is 31.4 Å². The number of nitrogens with zero attached hydrogens (tertiary/aromatic N) is 4. The fourth-order valence-electron chi connectivity index (χ4n) is 3.68. The number of thiazole rings is 1. The second-order valence-corrected chi connectivity index (χ2v) is 7.89. The zero-order chi connectivity index (χ0) is 19.1. The number of aromatic nitrogens is 3. The molecule has 0 unspecified atom stereocenters. The third kappa shape index (κ3) is 3.12. The van der Waals surface area contributed by atoms with Gasteiger partial charge in [0.1, 0.15) is 5.01 Å². The predicted octanol–water partition coefficient (Wildman–Crippen LogP) is 3.06. The molecule has 7 heteroatoms. The minimum atomic E-state index is -0.102. The minimum Gasteiger partial charge on any atom is -0.398 e. The van der Waals surface area contributed by atoms with Crippen LogP contribution in [0.15, 0.2) is 28.4 Å². The topological polar surface area (TPSA) is 77.0 Å². The molecule has 3 heterocycles. The van der Waals surface area contributed by atoms with E-state index in [4.69, 9.17) is 10.7 Å². The van der Waals surface area contributed by atoms with Crippen molar-refractivity contribution in [2.45, 2.75) is 33.2 Å². The summed E-state index contributed by atoms with van der Waals surface area (Å²) in [5, 5.41) is 7.06. The first-order valence-corrected chi connectivity index (χ1v) is 9.95. The van der Waals surface area contributed by atoms with Crippen LogP contribution in [0.25, 0.3) is 10.6 Å². The van der Waals surface area contributed by atoms with E-state index >= 15 is 0 Å². The maximum atomic E-state index is 12.6. The maximum Gasteiger partial charge on any atom is 0.277 e. The molecule has 1 aromatic carbocycles. The maximum absolute atomic E-state index is 12.6. The lowest BCUT2D eigenvalue weighted by atomic mass is 10.00. The molecule has 0 spiro atoms. The van der Waals surface area contributed by atoms with Gasteiger partial charge in [-0.15, -0.1) is 11.3 Å². The highest BCUT2D eigenvalue weighted by Crippen LogP contribution is 2.33. The van der Waals surface area contributed by atoms with Crippen LogP contribution >= 0.6 is 11.3 Å². The Morgan fingerprint density at radius 1 is 1.30 bits per heavy atom. The van der Waals surface area contributed by atoms with Crippen molar-refractivity contribution in [2.24, 2.45) is 7.05 Å². The molecule has 2 aromatic heterocycles. The second-order valence-electron chi connectivity index (χ2n) is 7.03. The zero-order valence-corrected chi connectivity index (χ0v) is 16.6. The van der Waals surface area contributed by atoms with Crippen molar-refractivity contribution in [1.82, 2.24) is 14.8 Å². The number of aryl methyl sites for hydroxylation is 2. The molecule has 1 aliphatic heterocycles. The lowest BCUT2D eigenvalue weighted by molar-refractivity contribution is 0.685. The van der Waals surface area contributed by atoms with Gasteiger partial charge >= 0.3 is 0 Å². The van der Waals surface area contributed by atoms with E-state index in [0.717, 1.165) is 53.6 Å². The van der Waals surface area contributed by atoms with Crippen LogP contribution < -0.4 is 16.2 Å². The number of hydrogen-bond acceptors (Lipinski definition) is 6. The first-order chi connectivity index (χ1) is 13.0. The molecule has 0 fully saturated rings. The van der Waals surface area contributed by atoms with Gasteiger partial charge in [-0.2, -0.15) is 5.10 Å². The van der Waals surface area contributed by atoms with Crippen LogP contribution in [0.2, 0.25) is 0 Å². The van der Waals surface area contributed by atoms with Crippen molar-refractivity contribution in [1.29, 1.82) is 0 Å². The van der Waals surface area contributed by atoms with Crippen LogP contribution in [0.5, 0.6) is 0 Å². The minimum absolute atomic E-state index is 0.102. The number of nitrogen functional groups attached to an aromatic ring is 1. The quantitative estimate of drug-likeness (QED) is 0.706. The first kappa shape index (κ1) is 17.7. The highest BCUT2D eigenvalue weighted by molar-refractivity contribution is 7.13. The van der Waals surface area contributed by atoms with Crippen LogP contribution in [0.3, 0.4) is 0 Å². The van der Waals surface area contributed by atoms with Crippen molar-refractivity contribution in [3.05, 3.63) is 56.4 Å². The molecule has 27 heavy (non-hydrogen) atoms. The van der Waals surface area contributed by atoms with Crippen molar-refractivity contribution in [3.8, 4) is 10.6 Å². The summed E-state index contributed by atoms with van der Waals surface area (Å²) in [5.41, 5.74) is 12.7. The molecule has 0 bridgehead atoms. The average molecular weight is 382 g/mol. The van der Waals surface area contributed by atoms with Crippen molar-refractivity contribution < 1.29 is 0 Å². The zero-order valence-electron chi connectivity index (χ0n) is 15.8. The van der Waals surface area contributed by atoms with E-state index in [9.17, 15) is 4.79 Å². The molecule has 3 aromatic rings. The van der Waals surface area contributed by atoms with Crippen LogP contribution in [0, 0.1) is 13.8 Å². The number of fused-ring (bicyclic) bond motifs is 1. The Balaban J connectivity index is 1.67. The van der Waals surface area contributed by atoms with Crippen molar-refractivity contribution in [2.75, 3.05) is 17.2 Å². The van der Waals surface area contributed by atoms with E-state index in [1.165, 1.54) is 27.3 Å². The molecule has 6 nitrogen and oxygen atoms in total. The molecule has 0 radical (unpaired) electrons. The number of rotatable bonds is 3. The molecular weight excluding hydrogens is 358 g/mol. The van der Waals surface area contributed by atoms with Crippen molar-refractivity contribution in [3.63, 3.8) is 0 Å². The lowest BCUT2D eigenvalue weighted by Gasteiger charge is -2.31. The summed E-state index contributed by atoms with van der Waals surface area (Å²) in [6.45, 7) is 5.56. The Hall–Kier alpha value is -2.67. The predicted molar refractivity (Wildman–Crippen MR) is 110 cm³/mol. The van der Waals surface area contributed by atoms with Crippen LogP contribution in [0.1, 0.15) is 28.9 Å². The van der Waals surface area contributed by atoms with Crippen LogP contribution in [-0.2, 0) is 20.0 Å². The SMILES string of the molecule is Cc1nn(C)c(=O)c(-c2nc(CN3CCCc4c(N)cccc43)cs2)c1C. The Bertz CT molecular complexity index is 1070. The van der Waals surface area contributed by atoms with Gasteiger partial charge in [0, 0.05) is 30.3 Å². The van der Waals surface area contributed by atoms with Gasteiger partial charge in [-0.1, -0.05) is 6.07 Å². The number of benzene rings is 1. The summed E-state index contributed by atoms with van der Waals surface area (Å²) < 4.78 is 1.39.